The number of ether oxygens (including phenoxy) is 1. The summed E-state index contributed by atoms with van der Waals surface area (Å²) >= 11 is 0. The lowest BCUT2D eigenvalue weighted by Gasteiger charge is -2.35. The summed E-state index contributed by atoms with van der Waals surface area (Å²) in [5.41, 5.74) is 0. The number of rotatable bonds is 6. The Morgan fingerprint density at radius 1 is 1.08 bits per heavy atom. The minimum absolute atomic E-state index is 0.0884. The van der Waals surface area contributed by atoms with Crippen molar-refractivity contribution < 1.29 is 13.2 Å². The Morgan fingerprint density at radius 3 is 2.20 bits per heavy atom. The maximum absolute atomic E-state index is 13.7. The highest BCUT2D eigenvalue weighted by Gasteiger charge is 2.72. The molecular formula is C20H32O3SSi. The van der Waals surface area contributed by atoms with E-state index in [2.05, 4.69) is 19.6 Å². The van der Waals surface area contributed by atoms with Gasteiger partial charge in [-0.25, -0.2) is 8.42 Å². The zero-order valence-electron chi connectivity index (χ0n) is 16.0. The Kier molecular flexibility index (Phi) is 5.22. The zero-order valence-corrected chi connectivity index (χ0v) is 17.8. The van der Waals surface area contributed by atoms with Crippen LogP contribution in [-0.2, 0) is 14.6 Å². The number of hydrogen-bond acceptors (Lipinski definition) is 3. The topological polar surface area (TPSA) is 43.4 Å². The molecule has 2 aliphatic rings. The average molecular weight is 381 g/mol. The van der Waals surface area contributed by atoms with Gasteiger partial charge in [-0.1, -0.05) is 57.1 Å². The van der Waals surface area contributed by atoms with E-state index in [9.17, 15) is 8.42 Å². The van der Waals surface area contributed by atoms with Crippen molar-refractivity contribution in [2.24, 2.45) is 11.8 Å². The van der Waals surface area contributed by atoms with Gasteiger partial charge in [0.2, 0.25) is 0 Å². The van der Waals surface area contributed by atoms with Crippen LogP contribution in [0.1, 0.15) is 38.5 Å². The number of benzene rings is 1. The van der Waals surface area contributed by atoms with Gasteiger partial charge in [0.05, 0.1) is 23.4 Å². The highest BCUT2D eigenvalue weighted by atomic mass is 32.2. The molecule has 5 heteroatoms. The van der Waals surface area contributed by atoms with Crippen molar-refractivity contribution in [3.8, 4) is 0 Å². The predicted molar refractivity (Wildman–Crippen MR) is 105 cm³/mol. The summed E-state index contributed by atoms with van der Waals surface area (Å²) < 4.78 is 32.7. The molecule has 1 aromatic rings. The lowest BCUT2D eigenvalue weighted by molar-refractivity contribution is 0.0195. The standard InChI is InChI=1S/C20H32O3SSi/c1-23-19(16-11-7-5-8-12-16)18-15-20(18,25(2,3)4)24(21,22)17-13-9-6-10-14-17/h6,9-10,13-14,16,18-19H,5,7-8,11-12,15H2,1-4H3/t18-,19+,20+/m0/s1. The van der Waals surface area contributed by atoms with E-state index in [4.69, 9.17) is 4.74 Å². The zero-order chi connectivity index (χ0) is 18.3. The summed E-state index contributed by atoms with van der Waals surface area (Å²) in [6.07, 6.45) is 7.04. The van der Waals surface area contributed by atoms with Crippen LogP contribution in [0, 0.1) is 11.8 Å². The molecule has 3 nitrogen and oxygen atoms in total. The molecule has 0 radical (unpaired) electrons. The molecule has 0 amide bonds. The maximum Gasteiger partial charge on any atom is 0.181 e. The van der Waals surface area contributed by atoms with Gasteiger partial charge < -0.3 is 4.74 Å². The molecule has 25 heavy (non-hydrogen) atoms. The third kappa shape index (κ3) is 3.13. The first-order chi connectivity index (χ1) is 11.8. The molecule has 0 spiro atoms. The van der Waals surface area contributed by atoms with E-state index in [-0.39, 0.29) is 12.0 Å². The third-order valence-electron chi connectivity index (χ3n) is 6.55. The number of methoxy groups -OCH3 is 1. The molecule has 0 unspecified atom stereocenters. The van der Waals surface area contributed by atoms with Crippen molar-refractivity contribution in [2.45, 2.75) is 73.5 Å². The Hall–Kier alpha value is -0.653. The molecule has 0 bridgehead atoms. The van der Waals surface area contributed by atoms with Gasteiger partial charge in [0, 0.05) is 13.0 Å². The first-order valence-corrected chi connectivity index (χ1v) is 14.6. The fraction of sp³-hybridized carbons (Fsp3) is 0.700. The van der Waals surface area contributed by atoms with Crippen molar-refractivity contribution in [2.75, 3.05) is 7.11 Å². The van der Waals surface area contributed by atoms with Crippen LogP contribution in [0.2, 0.25) is 19.6 Å². The summed E-state index contributed by atoms with van der Waals surface area (Å²) in [7, 11) is -3.53. The van der Waals surface area contributed by atoms with E-state index in [1.54, 1.807) is 19.2 Å². The second-order valence-electron chi connectivity index (χ2n) is 8.87. The average Bonchev–Trinajstić information content (AvgIpc) is 3.35. The van der Waals surface area contributed by atoms with E-state index in [1.807, 2.05) is 18.2 Å². The molecule has 0 aromatic heterocycles. The minimum atomic E-state index is -3.35. The van der Waals surface area contributed by atoms with Gasteiger partial charge in [-0.2, -0.15) is 0 Å². The Bertz CT molecular complexity index is 689. The quantitative estimate of drug-likeness (QED) is 0.672. The smallest absolute Gasteiger partial charge is 0.181 e. The van der Waals surface area contributed by atoms with Crippen molar-refractivity contribution in [1.82, 2.24) is 0 Å². The van der Waals surface area contributed by atoms with Crippen LogP contribution >= 0.6 is 0 Å². The molecule has 1 aromatic carbocycles. The second-order valence-corrected chi connectivity index (χ2v) is 16.8. The third-order valence-corrected chi connectivity index (χ3v) is 14.6. The normalized spacial score (nSPS) is 29.4. The Morgan fingerprint density at radius 2 is 1.68 bits per heavy atom. The number of hydrogen-bond donors (Lipinski definition) is 0. The van der Waals surface area contributed by atoms with Crippen LogP contribution in [0.4, 0.5) is 0 Å². The summed E-state index contributed by atoms with van der Waals surface area (Å²) in [6, 6.07) is 9.06. The minimum Gasteiger partial charge on any atom is -0.381 e. The highest BCUT2D eigenvalue weighted by Crippen LogP contribution is 2.61. The van der Waals surface area contributed by atoms with Crippen molar-refractivity contribution in [3.05, 3.63) is 30.3 Å². The first-order valence-electron chi connectivity index (χ1n) is 9.58. The molecule has 3 rings (SSSR count). The summed E-state index contributed by atoms with van der Waals surface area (Å²) in [6.45, 7) is 6.63. The molecule has 140 valence electrons. The SMILES string of the molecule is CO[C@H](C1CCCCC1)[C@@H]1C[C@]1([Si](C)(C)C)S(=O)(=O)c1ccccc1. The lowest BCUT2D eigenvalue weighted by Crippen LogP contribution is -2.50. The molecule has 0 N–H and O–H groups in total. The summed E-state index contributed by atoms with van der Waals surface area (Å²) in [5, 5.41) is 0. The van der Waals surface area contributed by atoms with Crippen LogP contribution in [0.25, 0.3) is 0 Å². The van der Waals surface area contributed by atoms with Gasteiger partial charge >= 0.3 is 0 Å². The highest BCUT2D eigenvalue weighted by molar-refractivity contribution is 7.95. The molecule has 0 aliphatic heterocycles. The van der Waals surface area contributed by atoms with Gasteiger partial charge in [-0.15, -0.1) is 0 Å². The van der Waals surface area contributed by atoms with Gasteiger partial charge in [0.1, 0.15) is 0 Å². The Balaban J connectivity index is 1.97. The van der Waals surface area contributed by atoms with Crippen LogP contribution < -0.4 is 0 Å². The predicted octanol–water partition coefficient (Wildman–Crippen LogP) is 4.69. The molecule has 0 saturated heterocycles. The monoisotopic (exact) mass is 380 g/mol. The van der Waals surface area contributed by atoms with E-state index in [0.29, 0.717) is 10.8 Å². The summed E-state index contributed by atoms with van der Waals surface area (Å²) in [5.74, 6) is 0.672. The van der Waals surface area contributed by atoms with Crippen LogP contribution in [0.5, 0.6) is 0 Å². The molecule has 2 saturated carbocycles. The van der Waals surface area contributed by atoms with Crippen molar-refractivity contribution >= 4 is 17.9 Å². The first kappa shape index (κ1) is 19.1. The van der Waals surface area contributed by atoms with Gasteiger partial charge in [-0.3, -0.25) is 0 Å². The van der Waals surface area contributed by atoms with Crippen molar-refractivity contribution in [1.29, 1.82) is 0 Å². The molecule has 2 aliphatic carbocycles. The maximum atomic E-state index is 13.7. The molecule has 3 atom stereocenters. The molecular weight excluding hydrogens is 348 g/mol. The van der Waals surface area contributed by atoms with E-state index >= 15 is 0 Å². The van der Waals surface area contributed by atoms with Crippen LogP contribution in [-0.4, -0.2) is 34.1 Å². The summed E-state index contributed by atoms with van der Waals surface area (Å²) in [4.78, 5) is 0.485. The largest absolute Gasteiger partial charge is 0.381 e. The van der Waals surface area contributed by atoms with E-state index < -0.39 is 22.3 Å². The van der Waals surface area contributed by atoms with Crippen LogP contribution in [0.15, 0.2) is 35.2 Å². The van der Waals surface area contributed by atoms with E-state index in [1.165, 1.54) is 32.1 Å². The molecule has 0 heterocycles. The lowest BCUT2D eigenvalue weighted by atomic mass is 9.83. The number of sulfone groups is 1. The second kappa shape index (κ2) is 6.82. The Labute approximate surface area is 154 Å². The van der Waals surface area contributed by atoms with E-state index in [0.717, 1.165) is 6.42 Å². The van der Waals surface area contributed by atoms with Crippen molar-refractivity contribution in [3.63, 3.8) is 0 Å². The van der Waals surface area contributed by atoms with Crippen LogP contribution in [0.3, 0.4) is 0 Å². The fourth-order valence-electron chi connectivity index (χ4n) is 5.18. The van der Waals surface area contributed by atoms with Gasteiger partial charge in [0.15, 0.2) is 9.84 Å². The van der Waals surface area contributed by atoms with Gasteiger partial charge in [0.25, 0.3) is 0 Å². The molecule has 2 fully saturated rings. The van der Waals surface area contributed by atoms with Gasteiger partial charge in [-0.05, 0) is 37.3 Å². The fourth-order valence-corrected chi connectivity index (χ4v) is 12.7.